The highest BCUT2D eigenvalue weighted by molar-refractivity contribution is 7.81. The number of nitrogens with one attached hydrogen (secondary N) is 2. The maximum atomic E-state index is 12.6. The monoisotopic (exact) mass is 283 g/mol. The first kappa shape index (κ1) is 11.5. The van der Waals surface area contributed by atoms with Crippen molar-refractivity contribution in [3.05, 3.63) is 35.0 Å². The number of para-hydroxylation sites is 2. The van der Waals surface area contributed by atoms with Crippen molar-refractivity contribution in [2.45, 2.75) is 6.43 Å². The fourth-order valence-electron chi connectivity index (χ4n) is 1.67. The molecule has 3 rings (SSSR count). The van der Waals surface area contributed by atoms with Gasteiger partial charge in [0.15, 0.2) is 5.01 Å². The average molecular weight is 283 g/mol. The zero-order valence-corrected chi connectivity index (χ0v) is 10.5. The van der Waals surface area contributed by atoms with E-state index in [9.17, 15) is 8.78 Å². The van der Waals surface area contributed by atoms with Crippen LogP contribution in [0.2, 0.25) is 0 Å². The predicted molar refractivity (Wildman–Crippen MR) is 72.1 cm³/mol. The number of fused-ring (bicyclic) bond motifs is 2. The second-order valence-corrected chi connectivity index (χ2v) is 5.09. The molecule has 1 aromatic carbocycles. The first-order valence-electron chi connectivity index (χ1n) is 5.11. The summed E-state index contributed by atoms with van der Waals surface area (Å²) in [4.78, 5) is 4.23. The van der Waals surface area contributed by atoms with Gasteiger partial charge in [-0.2, -0.15) is 0 Å². The van der Waals surface area contributed by atoms with Gasteiger partial charge in [-0.1, -0.05) is 35.7 Å². The molecule has 92 valence electrons. The molecule has 0 saturated heterocycles. The van der Waals surface area contributed by atoms with E-state index in [1.54, 1.807) is 0 Å². The van der Waals surface area contributed by atoms with E-state index in [0.717, 1.165) is 22.7 Å². The third-order valence-corrected chi connectivity index (χ3v) is 3.74. The average Bonchev–Trinajstić information content (AvgIpc) is 2.71. The molecule has 7 heteroatoms. The zero-order chi connectivity index (χ0) is 12.7. The molecule has 3 nitrogen and oxygen atoms in total. The van der Waals surface area contributed by atoms with E-state index in [-0.39, 0.29) is 5.01 Å². The Balaban J connectivity index is 2.10. The van der Waals surface area contributed by atoms with Gasteiger partial charge in [-0.3, -0.25) is 0 Å². The lowest BCUT2D eigenvalue weighted by atomic mass is 10.2. The van der Waals surface area contributed by atoms with E-state index in [1.807, 2.05) is 24.3 Å². The van der Waals surface area contributed by atoms with Crippen molar-refractivity contribution in [1.29, 1.82) is 0 Å². The Morgan fingerprint density at radius 3 is 2.50 bits per heavy atom. The summed E-state index contributed by atoms with van der Waals surface area (Å²) in [5.74, 6) is 0. The minimum absolute atomic E-state index is 0.226. The first-order chi connectivity index (χ1) is 8.65. The molecule has 2 N–H and O–H groups in total. The number of nitrogens with zero attached hydrogens (tertiary/aromatic N) is 1. The fourth-order valence-corrected chi connectivity index (χ4v) is 2.84. The van der Waals surface area contributed by atoms with Crippen molar-refractivity contribution in [1.82, 2.24) is 4.98 Å². The van der Waals surface area contributed by atoms with Gasteiger partial charge >= 0.3 is 0 Å². The largest absolute Gasteiger partial charge is 0.344 e. The van der Waals surface area contributed by atoms with Crippen LogP contribution in [0.25, 0.3) is 0 Å². The number of thiocarbonyl (C=S) groups is 1. The van der Waals surface area contributed by atoms with E-state index in [2.05, 4.69) is 15.6 Å². The molecular formula is C11H7F2N3S2. The molecule has 0 aliphatic carbocycles. The maximum Gasteiger partial charge on any atom is 0.289 e. The Labute approximate surface area is 111 Å². The quantitative estimate of drug-likeness (QED) is 0.778. The Morgan fingerprint density at radius 2 is 1.83 bits per heavy atom. The first-order valence-corrected chi connectivity index (χ1v) is 6.34. The molecule has 0 radical (unpaired) electrons. The Morgan fingerprint density at radius 1 is 1.17 bits per heavy atom. The van der Waals surface area contributed by atoms with Crippen LogP contribution in [0.15, 0.2) is 24.3 Å². The number of aromatic nitrogens is 1. The predicted octanol–water partition coefficient (Wildman–Crippen LogP) is 3.93. The summed E-state index contributed by atoms with van der Waals surface area (Å²) in [5, 5.41) is 6.40. The molecule has 18 heavy (non-hydrogen) atoms. The van der Waals surface area contributed by atoms with Crippen molar-refractivity contribution in [2.24, 2.45) is 0 Å². The molecular weight excluding hydrogens is 276 g/mol. The third-order valence-electron chi connectivity index (χ3n) is 2.47. The molecule has 1 aliphatic heterocycles. The standard InChI is InChI=1S/C11H7F2N3S2/c12-8(13)11-16-7-9(17)14-5-3-1-2-4-6(5)15-10(7)18-11/h1-4,8,15H,(H,14,17). The number of rotatable bonds is 1. The van der Waals surface area contributed by atoms with Crippen LogP contribution in [0.5, 0.6) is 0 Å². The van der Waals surface area contributed by atoms with Crippen molar-refractivity contribution in [3.63, 3.8) is 0 Å². The van der Waals surface area contributed by atoms with Gasteiger partial charge < -0.3 is 10.6 Å². The summed E-state index contributed by atoms with van der Waals surface area (Å²) >= 11 is 6.10. The second-order valence-electron chi connectivity index (χ2n) is 3.66. The minimum atomic E-state index is -2.58. The van der Waals surface area contributed by atoms with E-state index in [1.165, 1.54) is 0 Å². The maximum absolute atomic E-state index is 12.6. The Kier molecular flexibility index (Phi) is 2.71. The Hall–Kier alpha value is -1.60. The molecule has 0 fully saturated rings. The van der Waals surface area contributed by atoms with Gasteiger partial charge in [0.2, 0.25) is 0 Å². The molecule has 0 bridgehead atoms. The number of anilines is 3. The van der Waals surface area contributed by atoms with Crippen LogP contribution in [0.1, 0.15) is 17.1 Å². The summed E-state index contributed by atoms with van der Waals surface area (Å²) in [7, 11) is 0. The lowest BCUT2D eigenvalue weighted by Crippen LogP contribution is -2.09. The summed E-state index contributed by atoms with van der Waals surface area (Å²) < 4.78 is 25.3. The molecule has 1 aromatic heterocycles. The van der Waals surface area contributed by atoms with Crippen LogP contribution in [0.3, 0.4) is 0 Å². The second kappa shape index (κ2) is 4.25. The van der Waals surface area contributed by atoms with Gasteiger partial charge in [-0.15, -0.1) is 0 Å². The third kappa shape index (κ3) is 1.85. The summed E-state index contributed by atoms with van der Waals surface area (Å²) in [6.45, 7) is 0. The van der Waals surface area contributed by atoms with Crippen molar-refractivity contribution >= 4 is 44.9 Å². The van der Waals surface area contributed by atoms with Crippen LogP contribution in [0.4, 0.5) is 25.2 Å². The molecule has 0 spiro atoms. The number of hydrogen-bond acceptors (Lipinski definition) is 4. The van der Waals surface area contributed by atoms with Gasteiger partial charge in [0.25, 0.3) is 6.43 Å². The summed E-state index contributed by atoms with van der Waals surface area (Å²) in [5.41, 5.74) is 1.98. The minimum Gasteiger partial charge on any atom is -0.344 e. The van der Waals surface area contributed by atoms with Crippen molar-refractivity contribution < 1.29 is 8.78 Å². The SMILES string of the molecule is FC(F)c1nc2c(s1)Nc1ccccc1NC2=S. The highest BCUT2D eigenvalue weighted by atomic mass is 32.1. The zero-order valence-electron chi connectivity index (χ0n) is 8.91. The van der Waals surface area contributed by atoms with Crippen LogP contribution in [-0.4, -0.2) is 9.97 Å². The summed E-state index contributed by atoms with van der Waals surface area (Å²) in [6, 6.07) is 7.44. The van der Waals surface area contributed by atoms with E-state index in [0.29, 0.717) is 15.7 Å². The van der Waals surface area contributed by atoms with Gasteiger partial charge in [-0.25, -0.2) is 13.8 Å². The highest BCUT2D eigenvalue weighted by Crippen LogP contribution is 2.38. The molecule has 0 atom stereocenters. The van der Waals surface area contributed by atoms with Crippen LogP contribution in [-0.2, 0) is 0 Å². The number of halogens is 2. The number of alkyl halides is 2. The molecule has 0 amide bonds. The number of thiazole rings is 1. The summed E-state index contributed by atoms with van der Waals surface area (Å²) in [6.07, 6.45) is -2.58. The van der Waals surface area contributed by atoms with Crippen LogP contribution < -0.4 is 10.6 Å². The number of hydrogen-bond donors (Lipinski definition) is 2. The molecule has 2 heterocycles. The molecule has 0 unspecified atom stereocenters. The van der Waals surface area contributed by atoms with Crippen LogP contribution in [0, 0.1) is 0 Å². The lowest BCUT2D eigenvalue weighted by molar-refractivity contribution is 0.151. The van der Waals surface area contributed by atoms with E-state index < -0.39 is 6.43 Å². The number of benzene rings is 1. The molecule has 1 aliphatic rings. The normalized spacial score (nSPS) is 13.4. The fraction of sp³-hybridized carbons (Fsp3) is 0.0909. The van der Waals surface area contributed by atoms with Crippen molar-refractivity contribution in [2.75, 3.05) is 10.6 Å². The Bertz CT molecular complexity index is 625. The molecule has 2 aromatic rings. The topological polar surface area (TPSA) is 37.0 Å². The van der Waals surface area contributed by atoms with Gasteiger partial charge in [0, 0.05) is 0 Å². The van der Waals surface area contributed by atoms with Gasteiger partial charge in [0.05, 0.1) is 11.4 Å². The smallest absolute Gasteiger partial charge is 0.289 e. The van der Waals surface area contributed by atoms with Gasteiger partial charge in [-0.05, 0) is 12.1 Å². The van der Waals surface area contributed by atoms with Gasteiger partial charge in [0.1, 0.15) is 15.7 Å². The lowest BCUT2D eigenvalue weighted by Gasteiger charge is -2.07. The van der Waals surface area contributed by atoms with E-state index in [4.69, 9.17) is 12.2 Å². The molecule has 0 saturated carbocycles. The highest BCUT2D eigenvalue weighted by Gasteiger charge is 2.23. The van der Waals surface area contributed by atoms with E-state index >= 15 is 0 Å². The van der Waals surface area contributed by atoms with Crippen LogP contribution >= 0.6 is 23.6 Å². The van der Waals surface area contributed by atoms with Crippen molar-refractivity contribution in [3.8, 4) is 0 Å².